The Morgan fingerprint density at radius 1 is 1.53 bits per heavy atom. The molecule has 2 rings (SSSR count). The quantitative estimate of drug-likeness (QED) is 0.735. The molecule has 1 aliphatic heterocycles. The van der Waals surface area contributed by atoms with Gasteiger partial charge in [-0.2, -0.15) is 0 Å². The van der Waals surface area contributed by atoms with E-state index in [1.54, 1.807) is 18.2 Å². The van der Waals surface area contributed by atoms with E-state index in [0.29, 0.717) is 24.4 Å². The van der Waals surface area contributed by atoms with E-state index in [1.807, 2.05) is 6.92 Å². The molecule has 92 valence electrons. The van der Waals surface area contributed by atoms with Crippen molar-refractivity contribution in [3.05, 3.63) is 23.8 Å². The number of ether oxygens (including phenoxy) is 1. The smallest absolute Gasteiger partial charge is 0.250 e. The lowest BCUT2D eigenvalue weighted by atomic mass is 10.1. The predicted molar refractivity (Wildman–Crippen MR) is 67.0 cm³/mol. The second-order valence-corrected chi connectivity index (χ2v) is 4.24. The number of carbonyl (C=O) groups is 1. The van der Waals surface area contributed by atoms with E-state index in [2.05, 4.69) is 4.90 Å². The maximum absolute atomic E-state index is 11.4. The number of anilines is 2. The Kier molecular flexibility index (Phi) is 3.19. The number of hydrogen-bond acceptors (Lipinski definition) is 4. The van der Waals surface area contributed by atoms with E-state index < -0.39 is 5.91 Å². The van der Waals surface area contributed by atoms with Crippen LogP contribution in [0.4, 0.5) is 11.4 Å². The van der Waals surface area contributed by atoms with Gasteiger partial charge in [0, 0.05) is 13.1 Å². The van der Waals surface area contributed by atoms with Gasteiger partial charge in [0.2, 0.25) is 0 Å². The molecule has 5 nitrogen and oxygen atoms in total. The number of hydrogen-bond donors (Lipinski definition) is 2. The normalized spacial score (nSPS) is 20.3. The van der Waals surface area contributed by atoms with E-state index in [4.69, 9.17) is 16.2 Å². The van der Waals surface area contributed by atoms with Crippen molar-refractivity contribution in [2.45, 2.75) is 13.0 Å². The Morgan fingerprint density at radius 2 is 2.29 bits per heavy atom. The zero-order valence-electron chi connectivity index (χ0n) is 9.85. The second kappa shape index (κ2) is 4.63. The van der Waals surface area contributed by atoms with Crippen molar-refractivity contribution in [1.29, 1.82) is 0 Å². The average molecular weight is 235 g/mol. The number of nitrogen functional groups attached to an aromatic ring is 1. The van der Waals surface area contributed by atoms with E-state index >= 15 is 0 Å². The molecule has 1 saturated heterocycles. The standard InChI is InChI=1S/C12H17N3O2/c1-8-7-15(5-6-17-8)11-9(12(14)16)3-2-4-10(11)13/h2-4,8H,5-7,13H2,1H3,(H2,14,16). The minimum Gasteiger partial charge on any atom is -0.397 e. The number of carbonyl (C=O) groups excluding carboxylic acids is 1. The van der Waals surface area contributed by atoms with Crippen molar-refractivity contribution in [3.63, 3.8) is 0 Å². The van der Waals surface area contributed by atoms with Crippen LogP contribution in [0.15, 0.2) is 18.2 Å². The minimum atomic E-state index is -0.452. The summed E-state index contributed by atoms with van der Waals surface area (Å²) in [5, 5.41) is 0. The molecule has 0 aliphatic carbocycles. The lowest BCUT2D eigenvalue weighted by molar-refractivity contribution is 0.0531. The first-order chi connectivity index (χ1) is 8.09. The first-order valence-corrected chi connectivity index (χ1v) is 5.64. The first kappa shape index (κ1) is 11.7. The number of nitrogens with zero attached hydrogens (tertiary/aromatic N) is 1. The predicted octanol–water partition coefficient (Wildman–Crippen LogP) is 0.593. The highest BCUT2D eigenvalue weighted by Crippen LogP contribution is 2.29. The molecule has 0 bridgehead atoms. The van der Waals surface area contributed by atoms with Gasteiger partial charge in [0.05, 0.1) is 29.6 Å². The second-order valence-electron chi connectivity index (χ2n) is 4.24. The summed E-state index contributed by atoms with van der Waals surface area (Å²) >= 11 is 0. The summed E-state index contributed by atoms with van der Waals surface area (Å²) in [5.74, 6) is -0.452. The molecule has 1 aromatic carbocycles. The number of rotatable bonds is 2. The Hall–Kier alpha value is -1.75. The van der Waals surface area contributed by atoms with Crippen LogP contribution in [-0.4, -0.2) is 31.7 Å². The summed E-state index contributed by atoms with van der Waals surface area (Å²) in [6.07, 6.45) is 0.129. The van der Waals surface area contributed by atoms with E-state index in [0.717, 1.165) is 12.2 Å². The van der Waals surface area contributed by atoms with Crippen LogP contribution in [0, 0.1) is 0 Å². The lowest BCUT2D eigenvalue weighted by Gasteiger charge is -2.34. The largest absolute Gasteiger partial charge is 0.397 e. The highest BCUT2D eigenvalue weighted by atomic mass is 16.5. The van der Waals surface area contributed by atoms with Gasteiger partial charge >= 0.3 is 0 Å². The van der Waals surface area contributed by atoms with Crippen LogP contribution in [0.25, 0.3) is 0 Å². The molecule has 17 heavy (non-hydrogen) atoms. The van der Waals surface area contributed by atoms with Crippen molar-refractivity contribution in [2.75, 3.05) is 30.3 Å². The monoisotopic (exact) mass is 235 g/mol. The molecule has 1 aliphatic rings. The summed E-state index contributed by atoms with van der Waals surface area (Å²) in [4.78, 5) is 13.5. The number of para-hydroxylation sites is 1. The van der Waals surface area contributed by atoms with Crippen molar-refractivity contribution in [1.82, 2.24) is 0 Å². The molecule has 1 atom stereocenters. The van der Waals surface area contributed by atoms with E-state index in [9.17, 15) is 4.79 Å². The fourth-order valence-electron chi connectivity index (χ4n) is 2.13. The van der Waals surface area contributed by atoms with Crippen LogP contribution < -0.4 is 16.4 Å². The molecule has 1 amide bonds. The fraction of sp³-hybridized carbons (Fsp3) is 0.417. The third-order valence-corrected chi connectivity index (χ3v) is 2.89. The van der Waals surface area contributed by atoms with Crippen LogP contribution in [-0.2, 0) is 4.74 Å². The van der Waals surface area contributed by atoms with E-state index in [1.165, 1.54) is 0 Å². The third-order valence-electron chi connectivity index (χ3n) is 2.89. The van der Waals surface area contributed by atoms with Crippen LogP contribution in [0.1, 0.15) is 17.3 Å². The summed E-state index contributed by atoms with van der Waals surface area (Å²) in [7, 11) is 0. The Labute approximate surface area is 100 Å². The molecule has 5 heteroatoms. The zero-order valence-corrected chi connectivity index (χ0v) is 9.85. The van der Waals surface area contributed by atoms with Crippen molar-refractivity contribution < 1.29 is 9.53 Å². The van der Waals surface area contributed by atoms with Gasteiger partial charge in [-0.05, 0) is 19.1 Å². The maximum Gasteiger partial charge on any atom is 0.250 e. The molecule has 0 spiro atoms. The van der Waals surface area contributed by atoms with Crippen molar-refractivity contribution >= 4 is 17.3 Å². The molecule has 0 radical (unpaired) electrons. The number of nitrogens with two attached hydrogens (primary N) is 2. The Morgan fingerprint density at radius 3 is 2.94 bits per heavy atom. The van der Waals surface area contributed by atoms with Crippen molar-refractivity contribution in [2.24, 2.45) is 5.73 Å². The maximum atomic E-state index is 11.4. The van der Waals surface area contributed by atoms with Crippen LogP contribution in [0.2, 0.25) is 0 Å². The topological polar surface area (TPSA) is 81.6 Å². The van der Waals surface area contributed by atoms with Crippen molar-refractivity contribution in [3.8, 4) is 0 Å². The third kappa shape index (κ3) is 2.34. The van der Waals surface area contributed by atoms with Gasteiger partial charge in [0.25, 0.3) is 5.91 Å². The molecule has 0 aromatic heterocycles. The number of primary amides is 1. The molecule has 1 heterocycles. The highest BCUT2D eigenvalue weighted by Gasteiger charge is 2.22. The van der Waals surface area contributed by atoms with E-state index in [-0.39, 0.29) is 6.10 Å². The summed E-state index contributed by atoms with van der Waals surface area (Å²) in [5.41, 5.74) is 13.1. The number of benzene rings is 1. The van der Waals surface area contributed by atoms with Crippen LogP contribution >= 0.6 is 0 Å². The number of amides is 1. The molecular formula is C12H17N3O2. The van der Waals surface area contributed by atoms with Crippen LogP contribution in [0.5, 0.6) is 0 Å². The Bertz CT molecular complexity index is 434. The van der Waals surface area contributed by atoms with Gasteiger partial charge in [0.15, 0.2) is 0 Å². The lowest BCUT2D eigenvalue weighted by Crippen LogP contribution is -2.42. The molecule has 0 saturated carbocycles. The summed E-state index contributed by atoms with van der Waals surface area (Å²) in [6, 6.07) is 5.22. The van der Waals surface area contributed by atoms with Crippen LogP contribution in [0.3, 0.4) is 0 Å². The van der Waals surface area contributed by atoms with Gasteiger partial charge in [-0.15, -0.1) is 0 Å². The molecular weight excluding hydrogens is 218 g/mol. The Balaban J connectivity index is 2.39. The molecule has 1 aromatic rings. The summed E-state index contributed by atoms with van der Waals surface area (Å²) < 4.78 is 5.47. The van der Waals surface area contributed by atoms with Gasteiger partial charge in [-0.25, -0.2) is 0 Å². The highest BCUT2D eigenvalue weighted by molar-refractivity contribution is 6.01. The zero-order chi connectivity index (χ0) is 12.4. The van der Waals surface area contributed by atoms with Gasteiger partial charge < -0.3 is 21.1 Å². The fourth-order valence-corrected chi connectivity index (χ4v) is 2.13. The van der Waals surface area contributed by atoms with Gasteiger partial charge in [-0.3, -0.25) is 4.79 Å². The SMILES string of the molecule is CC1CN(c2c(N)cccc2C(N)=O)CCO1. The molecule has 1 fully saturated rings. The van der Waals surface area contributed by atoms with Gasteiger partial charge in [0.1, 0.15) is 0 Å². The van der Waals surface area contributed by atoms with Gasteiger partial charge in [-0.1, -0.05) is 6.07 Å². The summed E-state index contributed by atoms with van der Waals surface area (Å²) in [6.45, 7) is 4.07. The first-order valence-electron chi connectivity index (χ1n) is 5.64. The molecule has 1 unspecified atom stereocenters. The average Bonchev–Trinajstić information content (AvgIpc) is 2.28. The number of morpholine rings is 1. The minimum absolute atomic E-state index is 0.129. The molecule has 4 N–H and O–H groups in total.